The number of allylic oxidation sites excluding steroid dienone is 2. The fourth-order valence-electron chi connectivity index (χ4n) is 2.62. The maximum atomic E-state index is 6.25. The van der Waals surface area contributed by atoms with Crippen LogP contribution in [0.2, 0.25) is 0 Å². The summed E-state index contributed by atoms with van der Waals surface area (Å²) in [5, 5.41) is 1.24. The van der Waals surface area contributed by atoms with Crippen LogP contribution >= 0.6 is 7.06 Å². The first-order valence-corrected chi connectivity index (χ1v) is 8.72. The van der Waals surface area contributed by atoms with Crippen molar-refractivity contribution in [3.63, 3.8) is 0 Å². The van der Waals surface area contributed by atoms with E-state index in [4.69, 9.17) is 9.05 Å². The molecule has 0 N–H and O–H groups in total. The Balaban J connectivity index is 2.49. The summed E-state index contributed by atoms with van der Waals surface area (Å²) in [6, 6.07) is 10.5. The fraction of sp³-hybridized carbons (Fsp3) is 0.429. The zero-order valence-corrected chi connectivity index (χ0v) is 11.5. The second-order valence-electron chi connectivity index (χ2n) is 4.32. The maximum absolute atomic E-state index is 6.25. The van der Waals surface area contributed by atoms with Crippen LogP contribution in [0.25, 0.3) is 0 Å². The molecule has 0 fully saturated rings. The van der Waals surface area contributed by atoms with Gasteiger partial charge in [0.1, 0.15) is 0 Å². The normalized spacial score (nSPS) is 23.1. The van der Waals surface area contributed by atoms with Gasteiger partial charge in [-0.1, -0.05) is 0 Å². The van der Waals surface area contributed by atoms with Crippen molar-refractivity contribution in [2.24, 2.45) is 0 Å². The molecule has 0 saturated heterocycles. The third-order valence-corrected chi connectivity index (χ3v) is 8.37. The summed E-state index contributed by atoms with van der Waals surface area (Å²) in [6.45, 7) is 5.51. The summed E-state index contributed by atoms with van der Waals surface area (Å²) in [5.41, 5.74) is 0. The molecule has 0 aliphatic carbocycles. The Bertz CT molecular complexity index is 382. The van der Waals surface area contributed by atoms with E-state index in [-0.39, 0.29) is 0 Å². The van der Waals surface area contributed by atoms with E-state index in [0.717, 1.165) is 12.3 Å². The molecule has 2 nitrogen and oxygen atoms in total. The average molecular weight is 252 g/mol. The summed E-state index contributed by atoms with van der Waals surface area (Å²) < 4.78 is 12.5. The molecule has 0 spiro atoms. The number of benzene rings is 1. The Morgan fingerprint density at radius 1 is 0.941 bits per heavy atom. The first-order chi connectivity index (χ1) is 8.25. The predicted octanol–water partition coefficient (Wildman–Crippen LogP) is 3.34. The van der Waals surface area contributed by atoms with Crippen LogP contribution < -0.4 is 5.30 Å². The molecular weight excluding hydrogens is 231 g/mol. The monoisotopic (exact) mass is 252 g/mol. The summed E-state index contributed by atoms with van der Waals surface area (Å²) >= 11 is 0. The van der Waals surface area contributed by atoms with E-state index >= 15 is 0 Å². The quantitative estimate of drug-likeness (QED) is 0.591. The van der Waals surface area contributed by atoms with Crippen LogP contribution in [0.3, 0.4) is 0 Å². The fourth-order valence-corrected chi connectivity index (χ4v) is 7.17. The van der Waals surface area contributed by atoms with Crippen molar-refractivity contribution in [2.45, 2.75) is 13.8 Å². The molecule has 0 saturated carbocycles. The van der Waals surface area contributed by atoms with Crippen molar-refractivity contribution in [1.82, 2.24) is 0 Å². The van der Waals surface area contributed by atoms with Gasteiger partial charge in [-0.3, -0.25) is 0 Å². The van der Waals surface area contributed by atoms with E-state index in [2.05, 4.69) is 50.3 Å². The van der Waals surface area contributed by atoms with Crippen molar-refractivity contribution < 1.29 is 9.05 Å². The SMILES string of the molecule is CCOP1(OCC)(c2ccccc2)CC=CC1. The summed E-state index contributed by atoms with van der Waals surface area (Å²) in [6.07, 6.45) is 6.24. The molecule has 0 bridgehead atoms. The van der Waals surface area contributed by atoms with Crippen molar-refractivity contribution in [3.05, 3.63) is 42.5 Å². The number of rotatable bonds is 5. The molecule has 0 radical (unpaired) electrons. The van der Waals surface area contributed by atoms with Gasteiger partial charge in [0.2, 0.25) is 0 Å². The van der Waals surface area contributed by atoms with Gasteiger partial charge in [0.25, 0.3) is 0 Å². The third-order valence-electron chi connectivity index (χ3n) is 3.31. The zero-order chi connectivity index (χ0) is 12.2. The summed E-state index contributed by atoms with van der Waals surface area (Å²) in [4.78, 5) is 0. The Morgan fingerprint density at radius 2 is 1.47 bits per heavy atom. The molecule has 0 amide bonds. The first-order valence-electron chi connectivity index (χ1n) is 6.27. The molecule has 1 aliphatic rings. The molecule has 1 heterocycles. The van der Waals surface area contributed by atoms with Gasteiger partial charge >= 0.3 is 103 Å². The number of hydrogen-bond donors (Lipinski definition) is 0. The van der Waals surface area contributed by atoms with Crippen molar-refractivity contribution in [2.75, 3.05) is 25.5 Å². The van der Waals surface area contributed by atoms with Crippen LogP contribution in [0.1, 0.15) is 13.8 Å². The Morgan fingerprint density at radius 3 is 1.94 bits per heavy atom. The second kappa shape index (κ2) is 4.89. The molecule has 3 heteroatoms. The van der Waals surface area contributed by atoms with Crippen LogP contribution in [0.15, 0.2) is 42.5 Å². The molecule has 1 aliphatic heterocycles. The Kier molecular flexibility index (Phi) is 3.67. The summed E-state index contributed by atoms with van der Waals surface area (Å²) in [5.74, 6) is 0. The average Bonchev–Trinajstić information content (AvgIpc) is 2.78. The molecule has 2 rings (SSSR count). The van der Waals surface area contributed by atoms with E-state index < -0.39 is 7.06 Å². The van der Waals surface area contributed by atoms with Crippen LogP contribution in [0.5, 0.6) is 0 Å². The Labute approximate surface area is 104 Å². The molecular formula is C14H21O2P. The van der Waals surface area contributed by atoms with Gasteiger partial charge in [-0.05, 0) is 0 Å². The van der Waals surface area contributed by atoms with E-state index in [9.17, 15) is 0 Å². The van der Waals surface area contributed by atoms with E-state index in [0.29, 0.717) is 13.2 Å². The Hall–Kier alpha value is -0.690. The second-order valence-corrected chi connectivity index (χ2v) is 8.71. The molecule has 94 valence electrons. The van der Waals surface area contributed by atoms with E-state index in [1.165, 1.54) is 5.30 Å². The van der Waals surface area contributed by atoms with E-state index in [1.54, 1.807) is 0 Å². The first kappa shape index (κ1) is 12.8. The van der Waals surface area contributed by atoms with Crippen molar-refractivity contribution in [1.29, 1.82) is 0 Å². The minimum absolute atomic E-state index is 0.703. The van der Waals surface area contributed by atoms with Crippen molar-refractivity contribution in [3.8, 4) is 0 Å². The third kappa shape index (κ3) is 2.06. The van der Waals surface area contributed by atoms with Gasteiger partial charge in [0, 0.05) is 0 Å². The summed E-state index contributed by atoms with van der Waals surface area (Å²) in [7, 11) is -2.65. The van der Waals surface area contributed by atoms with Crippen molar-refractivity contribution >= 4 is 12.4 Å². The molecule has 1 aromatic carbocycles. The molecule has 0 unspecified atom stereocenters. The standard InChI is InChI=1S/C14H21O2P/c1-3-15-17(16-4-2,12-8-9-13-17)14-10-6-5-7-11-14/h5-11H,3-4,12-13H2,1-2H3. The minimum atomic E-state index is -2.65. The molecule has 1 aromatic rings. The van der Waals surface area contributed by atoms with Gasteiger partial charge in [-0.15, -0.1) is 0 Å². The van der Waals surface area contributed by atoms with E-state index in [1.807, 2.05) is 6.07 Å². The van der Waals surface area contributed by atoms with Gasteiger partial charge in [0.15, 0.2) is 0 Å². The van der Waals surface area contributed by atoms with Crippen LogP contribution in [-0.4, -0.2) is 25.5 Å². The predicted molar refractivity (Wildman–Crippen MR) is 75.1 cm³/mol. The topological polar surface area (TPSA) is 18.5 Å². The zero-order valence-electron chi connectivity index (χ0n) is 10.6. The van der Waals surface area contributed by atoms with Gasteiger partial charge < -0.3 is 0 Å². The van der Waals surface area contributed by atoms with Crippen LogP contribution in [0.4, 0.5) is 0 Å². The molecule has 0 atom stereocenters. The molecule has 0 aromatic heterocycles. The van der Waals surface area contributed by atoms with Crippen LogP contribution in [-0.2, 0) is 9.05 Å². The van der Waals surface area contributed by atoms with Crippen LogP contribution in [0, 0.1) is 0 Å². The van der Waals surface area contributed by atoms with Gasteiger partial charge in [-0.25, -0.2) is 0 Å². The van der Waals surface area contributed by atoms with Gasteiger partial charge in [0.05, 0.1) is 0 Å². The molecule has 17 heavy (non-hydrogen) atoms. The van der Waals surface area contributed by atoms with Gasteiger partial charge in [-0.2, -0.15) is 0 Å². The number of hydrogen-bond acceptors (Lipinski definition) is 2.